The molecular weight excluding hydrogens is 336 g/mol. The van der Waals surface area contributed by atoms with Crippen molar-refractivity contribution in [1.29, 1.82) is 0 Å². The maximum Gasteiger partial charge on any atom is 0.261 e. The van der Waals surface area contributed by atoms with Crippen LogP contribution in [0.1, 0.15) is 21.5 Å². The van der Waals surface area contributed by atoms with E-state index in [-0.39, 0.29) is 11.0 Å². The van der Waals surface area contributed by atoms with E-state index in [9.17, 15) is 4.79 Å². The van der Waals surface area contributed by atoms with Crippen LogP contribution in [0.15, 0.2) is 42.5 Å². The number of hydrogen-bond acceptors (Lipinski definition) is 4. The van der Waals surface area contributed by atoms with E-state index in [0.717, 1.165) is 16.8 Å². The Balaban J connectivity index is 2.04. The maximum absolute atomic E-state index is 12.5. The molecule has 0 atom stereocenters. The van der Waals surface area contributed by atoms with Crippen LogP contribution in [0.4, 0.5) is 5.69 Å². The quantitative estimate of drug-likeness (QED) is 0.612. The molecule has 2 rings (SSSR count). The fourth-order valence-corrected chi connectivity index (χ4v) is 2.43. The molecule has 0 spiro atoms. The van der Waals surface area contributed by atoms with Crippen LogP contribution in [0, 0.1) is 13.8 Å². The number of thiocarbonyl (C=S) groups is 1. The van der Waals surface area contributed by atoms with Gasteiger partial charge in [0.1, 0.15) is 12.4 Å². The minimum Gasteiger partial charge on any atom is -0.490 e. The molecule has 25 heavy (non-hydrogen) atoms. The summed E-state index contributed by atoms with van der Waals surface area (Å²) in [7, 11) is 1.60. The van der Waals surface area contributed by atoms with Crippen molar-refractivity contribution >= 4 is 28.9 Å². The summed E-state index contributed by atoms with van der Waals surface area (Å²) in [5.74, 6) is 0.169. The van der Waals surface area contributed by atoms with E-state index in [2.05, 4.69) is 10.6 Å². The molecule has 2 aromatic carbocycles. The van der Waals surface area contributed by atoms with Crippen LogP contribution in [-0.4, -0.2) is 31.3 Å². The van der Waals surface area contributed by atoms with Crippen molar-refractivity contribution in [2.75, 3.05) is 25.6 Å². The van der Waals surface area contributed by atoms with E-state index in [1.165, 1.54) is 0 Å². The zero-order valence-corrected chi connectivity index (χ0v) is 15.4. The molecule has 0 aliphatic heterocycles. The highest BCUT2D eigenvalue weighted by Crippen LogP contribution is 2.19. The Labute approximate surface area is 153 Å². The van der Waals surface area contributed by atoms with Crippen molar-refractivity contribution in [3.05, 3.63) is 59.2 Å². The first-order chi connectivity index (χ1) is 12.0. The van der Waals surface area contributed by atoms with Crippen molar-refractivity contribution in [2.24, 2.45) is 0 Å². The molecule has 132 valence electrons. The number of benzene rings is 2. The highest BCUT2D eigenvalue weighted by atomic mass is 32.1. The number of amides is 1. The first-order valence-electron chi connectivity index (χ1n) is 7.92. The molecular formula is C19H22N2O3S. The Bertz CT molecular complexity index is 762. The lowest BCUT2D eigenvalue weighted by atomic mass is 10.1. The molecule has 0 aliphatic carbocycles. The number of para-hydroxylation sites is 1. The molecule has 0 aromatic heterocycles. The minimum absolute atomic E-state index is 0.241. The van der Waals surface area contributed by atoms with Crippen molar-refractivity contribution in [1.82, 2.24) is 5.32 Å². The van der Waals surface area contributed by atoms with E-state index in [0.29, 0.717) is 24.5 Å². The number of rotatable bonds is 6. The largest absolute Gasteiger partial charge is 0.490 e. The molecule has 2 N–H and O–H groups in total. The van der Waals surface area contributed by atoms with Gasteiger partial charge in [0.05, 0.1) is 12.2 Å². The van der Waals surface area contributed by atoms with E-state index < -0.39 is 0 Å². The van der Waals surface area contributed by atoms with Crippen LogP contribution in [0.5, 0.6) is 5.75 Å². The molecule has 2 aromatic rings. The Morgan fingerprint density at radius 1 is 1.08 bits per heavy atom. The number of aryl methyl sites for hydroxylation is 1. The highest BCUT2D eigenvalue weighted by molar-refractivity contribution is 7.80. The van der Waals surface area contributed by atoms with Gasteiger partial charge in [-0.25, -0.2) is 0 Å². The third-order valence-corrected chi connectivity index (χ3v) is 3.96. The Kier molecular flexibility index (Phi) is 6.91. The average molecular weight is 358 g/mol. The number of carbonyl (C=O) groups excluding carboxylic acids is 1. The third kappa shape index (κ3) is 5.27. The van der Waals surface area contributed by atoms with E-state index in [1.54, 1.807) is 25.3 Å². The predicted octanol–water partition coefficient (Wildman–Crippen LogP) is 3.46. The van der Waals surface area contributed by atoms with E-state index in [1.807, 2.05) is 38.1 Å². The first-order valence-corrected chi connectivity index (χ1v) is 8.33. The van der Waals surface area contributed by atoms with Crippen LogP contribution in [0.25, 0.3) is 0 Å². The van der Waals surface area contributed by atoms with Gasteiger partial charge >= 0.3 is 0 Å². The van der Waals surface area contributed by atoms with Crippen LogP contribution in [0.2, 0.25) is 0 Å². The summed E-state index contributed by atoms with van der Waals surface area (Å²) in [5.41, 5.74) is 3.53. The number of nitrogens with one attached hydrogen (secondary N) is 2. The summed E-state index contributed by atoms with van der Waals surface area (Å²) < 4.78 is 10.5. The molecule has 5 nitrogen and oxygen atoms in total. The summed E-state index contributed by atoms with van der Waals surface area (Å²) in [5, 5.41) is 6.00. The van der Waals surface area contributed by atoms with Gasteiger partial charge in [-0.1, -0.05) is 24.3 Å². The van der Waals surface area contributed by atoms with Crippen LogP contribution >= 0.6 is 12.2 Å². The van der Waals surface area contributed by atoms with Gasteiger partial charge in [0, 0.05) is 12.8 Å². The fourth-order valence-electron chi connectivity index (χ4n) is 2.23. The third-order valence-electron chi connectivity index (χ3n) is 3.76. The molecule has 0 bridgehead atoms. The number of hydrogen-bond donors (Lipinski definition) is 2. The number of methoxy groups -OCH3 is 1. The smallest absolute Gasteiger partial charge is 0.261 e. The van der Waals surface area contributed by atoms with Crippen LogP contribution in [0.3, 0.4) is 0 Å². The van der Waals surface area contributed by atoms with E-state index in [4.69, 9.17) is 21.7 Å². The molecule has 0 radical (unpaired) electrons. The zero-order chi connectivity index (χ0) is 18.2. The van der Waals surface area contributed by atoms with Crippen molar-refractivity contribution < 1.29 is 14.3 Å². The summed E-state index contributed by atoms with van der Waals surface area (Å²) in [6, 6.07) is 12.9. The van der Waals surface area contributed by atoms with Gasteiger partial charge in [-0.3, -0.25) is 10.1 Å². The minimum atomic E-state index is -0.323. The second kappa shape index (κ2) is 9.15. The number of anilines is 1. The van der Waals surface area contributed by atoms with Gasteiger partial charge in [0.15, 0.2) is 5.11 Å². The lowest BCUT2D eigenvalue weighted by molar-refractivity contribution is 0.0970. The van der Waals surface area contributed by atoms with Gasteiger partial charge in [0.2, 0.25) is 0 Å². The van der Waals surface area contributed by atoms with Gasteiger partial charge in [-0.2, -0.15) is 0 Å². The molecule has 0 heterocycles. The van der Waals surface area contributed by atoms with Gasteiger partial charge in [-0.15, -0.1) is 0 Å². The average Bonchev–Trinajstić information content (AvgIpc) is 2.59. The van der Waals surface area contributed by atoms with Crippen LogP contribution in [-0.2, 0) is 4.74 Å². The summed E-state index contributed by atoms with van der Waals surface area (Å²) in [4.78, 5) is 12.5. The SMILES string of the molecule is COCCOc1ccccc1C(=O)NC(=S)Nc1cccc(C)c1C. The monoisotopic (exact) mass is 358 g/mol. The molecule has 0 fully saturated rings. The normalized spacial score (nSPS) is 10.2. The zero-order valence-electron chi connectivity index (χ0n) is 14.6. The Morgan fingerprint density at radius 3 is 2.60 bits per heavy atom. The molecule has 6 heteroatoms. The van der Waals surface area contributed by atoms with Crippen LogP contribution < -0.4 is 15.4 Å². The number of ether oxygens (including phenoxy) is 2. The molecule has 1 amide bonds. The highest BCUT2D eigenvalue weighted by Gasteiger charge is 2.14. The molecule has 0 aliphatic rings. The Morgan fingerprint density at radius 2 is 1.84 bits per heavy atom. The van der Waals surface area contributed by atoms with Crippen molar-refractivity contribution in [3.8, 4) is 5.75 Å². The van der Waals surface area contributed by atoms with E-state index >= 15 is 0 Å². The topological polar surface area (TPSA) is 59.6 Å². The molecule has 0 saturated carbocycles. The second-order valence-electron chi connectivity index (χ2n) is 5.49. The first kappa shape index (κ1) is 18.9. The predicted molar refractivity (Wildman–Crippen MR) is 103 cm³/mol. The summed E-state index contributed by atoms with van der Waals surface area (Å²) >= 11 is 5.26. The second-order valence-corrected chi connectivity index (χ2v) is 5.90. The summed E-state index contributed by atoms with van der Waals surface area (Å²) in [6.07, 6.45) is 0. The lowest BCUT2D eigenvalue weighted by Gasteiger charge is -2.14. The van der Waals surface area contributed by atoms with Gasteiger partial charge < -0.3 is 14.8 Å². The fraction of sp³-hybridized carbons (Fsp3) is 0.263. The number of carbonyl (C=O) groups is 1. The maximum atomic E-state index is 12.5. The lowest BCUT2D eigenvalue weighted by Crippen LogP contribution is -2.34. The van der Waals surface area contributed by atoms with Crippen molar-refractivity contribution in [3.63, 3.8) is 0 Å². The van der Waals surface area contributed by atoms with Crippen molar-refractivity contribution in [2.45, 2.75) is 13.8 Å². The Hall–Kier alpha value is -2.44. The van der Waals surface area contributed by atoms with Gasteiger partial charge in [0.25, 0.3) is 5.91 Å². The summed E-state index contributed by atoms with van der Waals surface area (Å²) in [6.45, 7) is 4.84. The van der Waals surface area contributed by atoms with Gasteiger partial charge in [-0.05, 0) is 55.4 Å². The molecule has 0 unspecified atom stereocenters. The standard InChI is InChI=1S/C19H22N2O3S/c1-13-7-6-9-16(14(13)2)20-19(25)21-18(22)15-8-4-5-10-17(15)24-12-11-23-3/h4-10H,11-12H2,1-3H3,(H2,20,21,22,25). The molecule has 0 saturated heterocycles.